The molecule has 18 heavy (non-hydrogen) atoms. The van der Waals surface area contributed by atoms with Crippen LogP contribution in [0, 0.1) is 17.2 Å². The second-order valence-electron chi connectivity index (χ2n) is 4.75. The molecule has 1 aliphatic rings. The molecule has 3 nitrogen and oxygen atoms in total. The highest BCUT2D eigenvalue weighted by Crippen LogP contribution is 2.30. The van der Waals surface area contributed by atoms with Crippen molar-refractivity contribution in [2.45, 2.75) is 19.3 Å². The Morgan fingerprint density at radius 1 is 1.39 bits per heavy atom. The van der Waals surface area contributed by atoms with Gasteiger partial charge in [0.15, 0.2) is 0 Å². The van der Waals surface area contributed by atoms with E-state index in [0.717, 1.165) is 50.5 Å². The minimum atomic E-state index is 0.541. The molecule has 0 radical (unpaired) electrons. The minimum Gasteiger partial charge on any atom is -0.370 e. The van der Waals surface area contributed by atoms with Crippen LogP contribution in [0.25, 0.3) is 0 Å². The fourth-order valence-corrected chi connectivity index (χ4v) is 2.80. The van der Waals surface area contributed by atoms with Crippen molar-refractivity contribution >= 4 is 17.3 Å². The van der Waals surface area contributed by atoms with E-state index in [4.69, 9.17) is 17.3 Å². The largest absolute Gasteiger partial charge is 0.370 e. The zero-order chi connectivity index (χ0) is 13.0. The van der Waals surface area contributed by atoms with E-state index >= 15 is 0 Å². The van der Waals surface area contributed by atoms with Crippen LogP contribution in [-0.2, 0) is 0 Å². The summed E-state index contributed by atoms with van der Waals surface area (Å²) in [6, 6.07) is 7.86. The van der Waals surface area contributed by atoms with Gasteiger partial charge in [0.05, 0.1) is 16.3 Å². The molecule has 0 atom stereocenters. The summed E-state index contributed by atoms with van der Waals surface area (Å²) in [5.41, 5.74) is 7.16. The topological polar surface area (TPSA) is 53.0 Å². The van der Waals surface area contributed by atoms with Gasteiger partial charge in [-0.1, -0.05) is 17.7 Å². The molecule has 1 saturated heterocycles. The van der Waals surface area contributed by atoms with Gasteiger partial charge in [0.2, 0.25) is 0 Å². The minimum absolute atomic E-state index is 0.541. The Kier molecular flexibility index (Phi) is 4.46. The lowest BCUT2D eigenvalue weighted by Crippen LogP contribution is -2.34. The smallest absolute Gasteiger partial charge is 0.103 e. The molecule has 0 saturated carbocycles. The van der Waals surface area contributed by atoms with Crippen molar-refractivity contribution in [3.8, 4) is 6.07 Å². The van der Waals surface area contributed by atoms with Gasteiger partial charge in [-0.05, 0) is 43.9 Å². The lowest BCUT2D eigenvalue weighted by atomic mass is 9.93. The number of nitrogens with two attached hydrogens (primary N) is 1. The monoisotopic (exact) mass is 263 g/mol. The van der Waals surface area contributed by atoms with Crippen molar-refractivity contribution in [1.82, 2.24) is 0 Å². The summed E-state index contributed by atoms with van der Waals surface area (Å²) in [6.07, 6.45) is 3.40. The van der Waals surface area contributed by atoms with Crippen LogP contribution in [0.4, 0.5) is 5.69 Å². The quantitative estimate of drug-likeness (QED) is 0.912. The number of piperidine rings is 1. The molecule has 96 valence electrons. The predicted molar refractivity (Wildman–Crippen MR) is 74.8 cm³/mol. The first-order chi connectivity index (χ1) is 8.76. The number of hydrogen-bond donors (Lipinski definition) is 1. The first kappa shape index (κ1) is 13.2. The molecule has 1 heterocycles. The predicted octanol–water partition coefficient (Wildman–Crippen LogP) is 2.78. The highest BCUT2D eigenvalue weighted by Gasteiger charge is 2.21. The first-order valence-electron chi connectivity index (χ1n) is 6.40. The van der Waals surface area contributed by atoms with Crippen molar-refractivity contribution in [3.05, 3.63) is 28.8 Å². The molecular formula is C14H18ClN3. The van der Waals surface area contributed by atoms with Gasteiger partial charge in [-0.2, -0.15) is 5.26 Å². The molecule has 0 aromatic heterocycles. The van der Waals surface area contributed by atoms with E-state index < -0.39 is 0 Å². The first-order valence-corrected chi connectivity index (χ1v) is 6.77. The van der Waals surface area contributed by atoms with Gasteiger partial charge < -0.3 is 10.6 Å². The lowest BCUT2D eigenvalue weighted by molar-refractivity contribution is 0.386. The number of anilines is 1. The van der Waals surface area contributed by atoms with Crippen LogP contribution >= 0.6 is 11.6 Å². The molecule has 2 rings (SSSR count). The van der Waals surface area contributed by atoms with E-state index in [1.165, 1.54) is 0 Å². The second kappa shape index (κ2) is 6.08. The Morgan fingerprint density at radius 2 is 2.11 bits per heavy atom. The van der Waals surface area contributed by atoms with Crippen LogP contribution < -0.4 is 10.6 Å². The molecule has 0 spiro atoms. The van der Waals surface area contributed by atoms with Crippen molar-refractivity contribution in [1.29, 1.82) is 5.26 Å². The van der Waals surface area contributed by atoms with Crippen LogP contribution in [0.15, 0.2) is 18.2 Å². The summed E-state index contributed by atoms with van der Waals surface area (Å²) in [4.78, 5) is 2.26. The van der Waals surface area contributed by atoms with Crippen molar-refractivity contribution in [2.24, 2.45) is 11.7 Å². The van der Waals surface area contributed by atoms with Crippen molar-refractivity contribution < 1.29 is 0 Å². The summed E-state index contributed by atoms with van der Waals surface area (Å²) in [6.45, 7) is 2.74. The molecule has 1 aromatic rings. The normalized spacial score (nSPS) is 16.6. The molecule has 1 aliphatic heterocycles. The molecule has 4 heteroatoms. The molecule has 2 N–H and O–H groups in total. The Labute approximate surface area is 113 Å². The zero-order valence-corrected chi connectivity index (χ0v) is 11.2. The maximum Gasteiger partial charge on any atom is 0.103 e. The third-order valence-corrected chi connectivity index (χ3v) is 3.95. The molecule has 1 aromatic carbocycles. The summed E-state index contributed by atoms with van der Waals surface area (Å²) < 4.78 is 0. The van der Waals surface area contributed by atoms with Gasteiger partial charge in [0, 0.05) is 13.1 Å². The highest BCUT2D eigenvalue weighted by atomic mass is 35.5. The summed E-state index contributed by atoms with van der Waals surface area (Å²) in [7, 11) is 0. The average Bonchev–Trinajstić information content (AvgIpc) is 2.40. The highest BCUT2D eigenvalue weighted by molar-refractivity contribution is 6.32. The number of halogens is 1. The second-order valence-corrected chi connectivity index (χ2v) is 5.16. The van der Waals surface area contributed by atoms with Crippen LogP contribution in [0.3, 0.4) is 0 Å². The molecule has 0 amide bonds. The number of nitriles is 1. The van der Waals surface area contributed by atoms with Crippen LogP contribution in [0.5, 0.6) is 0 Å². The average molecular weight is 264 g/mol. The van der Waals surface area contributed by atoms with Gasteiger partial charge in [-0.15, -0.1) is 0 Å². The molecule has 1 fully saturated rings. The Hall–Kier alpha value is -1.24. The lowest BCUT2D eigenvalue weighted by Gasteiger charge is -2.34. The van der Waals surface area contributed by atoms with E-state index in [-0.39, 0.29) is 0 Å². The Morgan fingerprint density at radius 3 is 2.72 bits per heavy atom. The van der Waals surface area contributed by atoms with Crippen molar-refractivity contribution in [2.75, 3.05) is 24.5 Å². The molecule has 0 aliphatic carbocycles. The van der Waals surface area contributed by atoms with Gasteiger partial charge in [-0.3, -0.25) is 0 Å². The van der Waals surface area contributed by atoms with Crippen LogP contribution in [-0.4, -0.2) is 19.6 Å². The zero-order valence-electron chi connectivity index (χ0n) is 10.4. The molecular weight excluding hydrogens is 246 g/mol. The van der Waals surface area contributed by atoms with Gasteiger partial charge in [0.25, 0.3) is 0 Å². The number of nitrogens with zero attached hydrogens (tertiary/aromatic N) is 2. The van der Waals surface area contributed by atoms with Gasteiger partial charge >= 0.3 is 0 Å². The summed E-state index contributed by atoms with van der Waals surface area (Å²) in [5, 5.41) is 9.73. The number of hydrogen-bond acceptors (Lipinski definition) is 3. The fraction of sp³-hybridized carbons (Fsp3) is 0.500. The van der Waals surface area contributed by atoms with E-state index in [1.54, 1.807) is 6.07 Å². The molecule has 0 bridgehead atoms. The number of benzene rings is 1. The summed E-state index contributed by atoms with van der Waals surface area (Å²) >= 11 is 6.06. The Balaban J connectivity index is 2.10. The maximum absolute atomic E-state index is 9.19. The van der Waals surface area contributed by atoms with E-state index in [1.807, 2.05) is 12.1 Å². The third kappa shape index (κ3) is 2.77. The van der Waals surface area contributed by atoms with E-state index in [0.29, 0.717) is 10.6 Å². The maximum atomic E-state index is 9.19. The standard InChI is InChI=1S/C14H18ClN3/c15-13-2-1-3-14(12(13)10-17)18-8-5-11(4-7-16)6-9-18/h1-3,11H,4-9,16H2. The van der Waals surface area contributed by atoms with Gasteiger partial charge in [0.1, 0.15) is 6.07 Å². The molecule has 0 unspecified atom stereocenters. The summed E-state index contributed by atoms with van der Waals surface area (Å²) in [5.74, 6) is 0.732. The number of rotatable bonds is 3. The SMILES string of the molecule is N#Cc1c(Cl)cccc1N1CCC(CCN)CC1. The van der Waals surface area contributed by atoms with Crippen LogP contribution in [0.1, 0.15) is 24.8 Å². The van der Waals surface area contributed by atoms with E-state index in [9.17, 15) is 5.26 Å². The van der Waals surface area contributed by atoms with Crippen LogP contribution in [0.2, 0.25) is 5.02 Å². The Bertz CT molecular complexity index is 445. The van der Waals surface area contributed by atoms with E-state index in [2.05, 4.69) is 11.0 Å². The third-order valence-electron chi connectivity index (χ3n) is 3.63. The fourth-order valence-electron chi connectivity index (χ4n) is 2.59. The van der Waals surface area contributed by atoms with Crippen molar-refractivity contribution in [3.63, 3.8) is 0 Å². The van der Waals surface area contributed by atoms with Gasteiger partial charge in [-0.25, -0.2) is 0 Å².